The van der Waals surface area contributed by atoms with Gasteiger partial charge in [0.05, 0.1) is 18.3 Å². The van der Waals surface area contributed by atoms with E-state index in [-0.39, 0.29) is 17.8 Å². The van der Waals surface area contributed by atoms with Crippen LogP contribution in [0, 0.1) is 28.6 Å². The Morgan fingerprint density at radius 1 is 1.08 bits per heavy atom. The highest BCUT2D eigenvalue weighted by Gasteiger charge is 2.69. The summed E-state index contributed by atoms with van der Waals surface area (Å²) in [5.41, 5.74) is -0.642. The minimum absolute atomic E-state index is 0.0518. The smallest absolute Gasteiger partial charge is 0.105 e. The van der Waals surface area contributed by atoms with Gasteiger partial charge in [-0.25, -0.2) is 0 Å². The van der Waals surface area contributed by atoms with Crippen molar-refractivity contribution < 1.29 is 20.4 Å². The van der Waals surface area contributed by atoms with Crippen LogP contribution in [0.1, 0.15) is 46.5 Å². The number of fused-ring (bicyclic) bond motifs is 2. The first kappa shape index (κ1) is 16.8. The third-order valence-electron chi connectivity index (χ3n) is 8.23. The lowest BCUT2D eigenvalue weighted by Gasteiger charge is -2.46. The van der Waals surface area contributed by atoms with Crippen LogP contribution in [0.5, 0.6) is 0 Å². The summed E-state index contributed by atoms with van der Waals surface area (Å²) in [4.78, 5) is 0. The van der Waals surface area contributed by atoms with Crippen LogP contribution in [0.25, 0.3) is 0 Å². The minimum Gasteiger partial charge on any atom is -0.392 e. The topological polar surface area (TPSA) is 80.9 Å². The fourth-order valence-electron chi connectivity index (χ4n) is 6.64. The van der Waals surface area contributed by atoms with E-state index in [0.717, 1.165) is 18.4 Å². The van der Waals surface area contributed by atoms with Crippen LogP contribution < -0.4 is 0 Å². The second kappa shape index (κ2) is 4.73. The Labute approximate surface area is 143 Å². The maximum absolute atomic E-state index is 11.6. The molecule has 0 aliphatic heterocycles. The van der Waals surface area contributed by atoms with Crippen molar-refractivity contribution in [2.24, 2.45) is 28.6 Å². The molecule has 4 rings (SSSR count). The molecule has 0 aromatic heterocycles. The van der Waals surface area contributed by atoms with Crippen molar-refractivity contribution in [2.45, 2.75) is 70.4 Å². The number of hydrogen-bond acceptors (Lipinski definition) is 4. The van der Waals surface area contributed by atoms with E-state index in [0.29, 0.717) is 12.8 Å². The Hall–Kier alpha value is -0.680. The highest BCUT2D eigenvalue weighted by atomic mass is 16.4. The van der Waals surface area contributed by atoms with Gasteiger partial charge in [0, 0.05) is 22.7 Å². The normalized spacial score (nSPS) is 55.6. The average molecular weight is 334 g/mol. The Balaban J connectivity index is 1.87. The summed E-state index contributed by atoms with van der Waals surface area (Å²) in [6, 6.07) is 0. The van der Waals surface area contributed by atoms with Crippen LogP contribution in [0.2, 0.25) is 0 Å². The van der Waals surface area contributed by atoms with Gasteiger partial charge in [0.2, 0.25) is 0 Å². The summed E-state index contributed by atoms with van der Waals surface area (Å²) < 4.78 is 0. The summed E-state index contributed by atoms with van der Waals surface area (Å²) in [7, 11) is 0. The molecule has 8 unspecified atom stereocenters. The molecule has 8 atom stereocenters. The number of aliphatic hydroxyl groups excluding tert-OH is 3. The van der Waals surface area contributed by atoms with Gasteiger partial charge in [0.1, 0.15) is 5.60 Å². The first-order valence-corrected chi connectivity index (χ1v) is 9.22. The van der Waals surface area contributed by atoms with Gasteiger partial charge in [0.15, 0.2) is 0 Å². The molecule has 4 aliphatic rings. The Kier molecular flexibility index (Phi) is 3.30. The van der Waals surface area contributed by atoms with E-state index in [1.165, 1.54) is 5.57 Å². The van der Waals surface area contributed by atoms with Gasteiger partial charge in [-0.3, -0.25) is 0 Å². The van der Waals surface area contributed by atoms with Crippen molar-refractivity contribution in [3.8, 4) is 0 Å². The Bertz CT molecular complexity index is 623. The van der Waals surface area contributed by atoms with E-state index in [4.69, 9.17) is 0 Å². The van der Waals surface area contributed by atoms with Crippen molar-refractivity contribution in [3.05, 3.63) is 23.8 Å². The molecule has 1 spiro atoms. The van der Waals surface area contributed by atoms with Gasteiger partial charge in [-0.2, -0.15) is 0 Å². The predicted molar refractivity (Wildman–Crippen MR) is 91.0 cm³/mol. The molecule has 3 fully saturated rings. The molecule has 0 radical (unpaired) electrons. The zero-order chi connectivity index (χ0) is 17.7. The standard InChI is InChI=1S/C20H30O4/c1-10-8-19-9-16(22)20(24)14(7-15(21)18(20,3)4)11(2)13(19)6-5-12(10)17(19)23/h8,12-17,21-24H,2,5-7,9H2,1,3-4H3. The number of aliphatic hydroxyl groups is 4. The Morgan fingerprint density at radius 3 is 2.42 bits per heavy atom. The molecule has 4 nitrogen and oxygen atoms in total. The molecule has 24 heavy (non-hydrogen) atoms. The first-order chi connectivity index (χ1) is 11.1. The van der Waals surface area contributed by atoms with Crippen LogP contribution in [0.15, 0.2) is 23.8 Å². The van der Waals surface area contributed by atoms with Crippen molar-refractivity contribution >= 4 is 0 Å². The summed E-state index contributed by atoms with van der Waals surface area (Å²) in [5, 5.41) is 44.2. The quantitative estimate of drug-likeness (QED) is 0.509. The van der Waals surface area contributed by atoms with E-state index < -0.39 is 34.7 Å². The van der Waals surface area contributed by atoms with Crippen molar-refractivity contribution in [1.29, 1.82) is 0 Å². The van der Waals surface area contributed by atoms with Crippen molar-refractivity contribution in [2.75, 3.05) is 0 Å². The zero-order valence-corrected chi connectivity index (χ0v) is 14.9. The van der Waals surface area contributed by atoms with Gasteiger partial charge in [-0.15, -0.1) is 0 Å². The van der Waals surface area contributed by atoms with Crippen LogP contribution in [-0.4, -0.2) is 44.3 Å². The molecule has 4 aliphatic carbocycles. The Morgan fingerprint density at radius 2 is 1.75 bits per heavy atom. The molecule has 4 N–H and O–H groups in total. The van der Waals surface area contributed by atoms with E-state index >= 15 is 0 Å². The molecule has 0 aromatic rings. The van der Waals surface area contributed by atoms with E-state index in [2.05, 4.69) is 19.6 Å². The molecule has 2 bridgehead atoms. The molecule has 134 valence electrons. The number of hydrogen-bond donors (Lipinski definition) is 4. The maximum atomic E-state index is 11.6. The average Bonchev–Trinajstić information content (AvgIpc) is 2.73. The van der Waals surface area contributed by atoms with Gasteiger partial charge < -0.3 is 20.4 Å². The summed E-state index contributed by atoms with van der Waals surface area (Å²) in [5.74, 6) is -0.122. The van der Waals surface area contributed by atoms with Crippen molar-refractivity contribution in [3.63, 3.8) is 0 Å². The van der Waals surface area contributed by atoms with Gasteiger partial charge in [-0.05, 0) is 38.5 Å². The fraction of sp³-hybridized carbons (Fsp3) is 0.800. The van der Waals surface area contributed by atoms with E-state index in [1.807, 2.05) is 13.8 Å². The predicted octanol–water partition coefficient (Wildman–Crippen LogP) is 1.78. The molecule has 0 saturated heterocycles. The maximum Gasteiger partial charge on any atom is 0.105 e. The second-order valence-electron chi connectivity index (χ2n) is 9.33. The van der Waals surface area contributed by atoms with Crippen LogP contribution in [-0.2, 0) is 0 Å². The summed E-state index contributed by atoms with van der Waals surface area (Å²) >= 11 is 0. The highest BCUT2D eigenvalue weighted by molar-refractivity contribution is 5.37. The fourth-order valence-corrected chi connectivity index (χ4v) is 6.64. The molecule has 0 amide bonds. The number of rotatable bonds is 0. The highest BCUT2D eigenvalue weighted by Crippen LogP contribution is 2.66. The van der Waals surface area contributed by atoms with E-state index in [1.54, 1.807) is 0 Å². The SMILES string of the molecule is C=C1C2CCC3C(C)=CC2(CC(O)C2(O)C1CC(O)C2(C)C)C3O. The molecule has 0 heterocycles. The lowest BCUT2D eigenvalue weighted by molar-refractivity contribution is -0.171. The molecule has 0 aromatic carbocycles. The molecular formula is C20H30O4. The third-order valence-corrected chi connectivity index (χ3v) is 8.23. The third kappa shape index (κ3) is 1.64. The minimum atomic E-state index is -1.41. The van der Waals surface area contributed by atoms with Crippen LogP contribution in [0.4, 0.5) is 0 Å². The van der Waals surface area contributed by atoms with E-state index in [9.17, 15) is 20.4 Å². The molecular weight excluding hydrogens is 304 g/mol. The lowest BCUT2D eigenvalue weighted by Crippen LogP contribution is -2.57. The first-order valence-electron chi connectivity index (χ1n) is 9.22. The van der Waals surface area contributed by atoms with Gasteiger partial charge in [-0.1, -0.05) is 37.6 Å². The van der Waals surface area contributed by atoms with Gasteiger partial charge in [0.25, 0.3) is 0 Å². The molecule has 3 saturated carbocycles. The zero-order valence-electron chi connectivity index (χ0n) is 14.9. The lowest BCUT2D eigenvalue weighted by atomic mass is 9.60. The largest absolute Gasteiger partial charge is 0.392 e. The summed E-state index contributed by atoms with van der Waals surface area (Å²) in [6.45, 7) is 10.1. The van der Waals surface area contributed by atoms with Gasteiger partial charge >= 0.3 is 0 Å². The van der Waals surface area contributed by atoms with Crippen LogP contribution in [0.3, 0.4) is 0 Å². The molecule has 4 heteroatoms. The van der Waals surface area contributed by atoms with Crippen molar-refractivity contribution in [1.82, 2.24) is 0 Å². The second-order valence-corrected chi connectivity index (χ2v) is 9.33. The summed E-state index contributed by atoms with van der Waals surface area (Å²) in [6.07, 6.45) is 2.57. The van der Waals surface area contributed by atoms with Crippen LogP contribution >= 0.6 is 0 Å². The monoisotopic (exact) mass is 334 g/mol.